The largest absolute Gasteiger partial charge is 0.491 e. The Morgan fingerprint density at radius 1 is 1.27 bits per heavy atom. The highest BCUT2D eigenvalue weighted by molar-refractivity contribution is 14.0. The highest BCUT2D eigenvalue weighted by Crippen LogP contribution is 2.36. The van der Waals surface area contributed by atoms with Crippen LogP contribution in [0.25, 0.3) is 0 Å². The van der Waals surface area contributed by atoms with Crippen LogP contribution in [0.5, 0.6) is 5.75 Å². The van der Waals surface area contributed by atoms with Gasteiger partial charge in [0.05, 0.1) is 6.10 Å². The second kappa shape index (κ2) is 12.5. The molecule has 1 saturated heterocycles. The Morgan fingerprint density at radius 3 is 2.80 bits per heavy atom. The molecule has 1 aliphatic rings. The van der Waals surface area contributed by atoms with Crippen molar-refractivity contribution in [2.45, 2.75) is 45.4 Å². The number of rotatable bonds is 7. The van der Waals surface area contributed by atoms with Gasteiger partial charge < -0.3 is 15.4 Å². The molecule has 166 valence electrons. The van der Waals surface area contributed by atoms with Crippen molar-refractivity contribution in [3.8, 4) is 5.75 Å². The molecule has 2 atom stereocenters. The summed E-state index contributed by atoms with van der Waals surface area (Å²) < 4.78 is 5.79. The quantitative estimate of drug-likeness (QED) is 0.297. The second-order valence-electron chi connectivity index (χ2n) is 7.96. The van der Waals surface area contributed by atoms with E-state index in [1.54, 1.807) is 0 Å². The molecule has 1 fully saturated rings. The van der Waals surface area contributed by atoms with Gasteiger partial charge in [0.2, 0.25) is 0 Å². The first-order valence-electron chi connectivity index (χ1n) is 10.5. The maximum Gasteiger partial charge on any atom is 0.191 e. The minimum Gasteiger partial charge on any atom is -0.491 e. The van der Waals surface area contributed by atoms with Gasteiger partial charge in [0.1, 0.15) is 5.75 Å². The highest BCUT2D eigenvalue weighted by Gasteiger charge is 2.31. The van der Waals surface area contributed by atoms with Crippen molar-refractivity contribution in [2.75, 3.05) is 27.2 Å². The molecule has 30 heavy (non-hydrogen) atoms. The first-order valence-corrected chi connectivity index (χ1v) is 11.4. The SMILES string of the molecule is CN=C(NCc1cccc(OC(C)C)c1)NCC1CCCN(C)C1c1cccs1.I. The van der Waals surface area contributed by atoms with Crippen LogP contribution < -0.4 is 15.4 Å². The molecule has 0 bridgehead atoms. The van der Waals surface area contributed by atoms with Gasteiger partial charge in [0.15, 0.2) is 5.96 Å². The van der Waals surface area contributed by atoms with Crippen molar-refractivity contribution in [3.05, 3.63) is 52.2 Å². The number of hydrogen-bond acceptors (Lipinski definition) is 4. The predicted molar refractivity (Wildman–Crippen MR) is 138 cm³/mol. The number of hydrogen-bond donors (Lipinski definition) is 2. The molecule has 7 heteroatoms. The molecule has 1 aromatic carbocycles. The molecule has 0 amide bonds. The summed E-state index contributed by atoms with van der Waals surface area (Å²) in [4.78, 5) is 8.38. The Morgan fingerprint density at radius 2 is 2.10 bits per heavy atom. The lowest BCUT2D eigenvalue weighted by molar-refractivity contribution is 0.125. The first kappa shape index (κ1) is 24.9. The van der Waals surface area contributed by atoms with E-state index in [4.69, 9.17) is 4.74 Å². The topological polar surface area (TPSA) is 48.9 Å². The van der Waals surface area contributed by atoms with E-state index < -0.39 is 0 Å². The number of benzene rings is 1. The van der Waals surface area contributed by atoms with Crippen LogP contribution in [0.1, 0.15) is 43.2 Å². The van der Waals surface area contributed by atoms with Gasteiger partial charge in [-0.2, -0.15) is 0 Å². The van der Waals surface area contributed by atoms with Crippen molar-refractivity contribution in [2.24, 2.45) is 10.9 Å². The van der Waals surface area contributed by atoms with Gasteiger partial charge in [-0.05, 0) is 75.3 Å². The number of likely N-dealkylation sites (tertiary alicyclic amines) is 1. The van der Waals surface area contributed by atoms with Gasteiger partial charge >= 0.3 is 0 Å². The van der Waals surface area contributed by atoms with E-state index in [-0.39, 0.29) is 30.1 Å². The van der Waals surface area contributed by atoms with Crippen LogP contribution in [0.2, 0.25) is 0 Å². The van der Waals surface area contributed by atoms with Crippen LogP contribution >= 0.6 is 35.3 Å². The van der Waals surface area contributed by atoms with Crippen LogP contribution in [0, 0.1) is 5.92 Å². The monoisotopic (exact) mass is 542 g/mol. The molecule has 1 aliphatic heterocycles. The molecule has 3 rings (SSSR count). The van der Waals surface area contributed by atoms with Crippen LogP contribution in [0.3, 0.4) is 0 Å². The minimum absolute atomic E-state index is 0. The van der Waals surface area contributed by atoms with E-state index in [2.05, 4.69) is 57.2 Å². The average Bonchev–Trinajstić information content (AvgIpc) is 3.22. The fourth-order valence-corrected chi connectivity index (χ4v) is 5.00. The third-order valence-corrected chi connectivity index (χ3v) is 6.27. The highest BCUT2D eigenvalue weighted by atomic mass is 127. The molecular formula is C23H35IN4OS. The molecule has 2 aromatic rings. The standard InChI is InChI=1S/C23H34N4OS.HI/c1-17(2)28-20-10-5-8-18(14-20)15-25-23(24-3)26-16-19-9-6-12-27(4)22(19)21-11-7-13-29-21;/h5,7-8,10-11,13-14,17,19,22H,6,9,12,15-16H2,1-4H3,(H2,24,25,26);1H. The van der Waals surface area contributed by atoms with Crippen molar-refractivity contribution < 1.29 is 4.74 Å². The summed E-state index contributed by atoms with van der Waals surface area (Å²) in [5.41, 5.74) is 1.18. The van der Waals surface area contributed by atoms with E-state index >= 15 is 0 Å². The van der Waals surface area contributed by atoms with E-state index in [0.717, 1.165) is 18.3 Å². The van der Waals surface area contributed by atoms with Crippen LogP contribution in [0.15, 0.2) is 46.8 Å². The molecule has 0 saturated carbocycles. The molecule has 0 spiro atoms. The van der Waals surface area contributed by atoms with E-state index in [9.17, 15) is 0 Å². The number of nitrogens with zero attached hydrogens (tertiary/aromatic N) is 2. The summed E-state index contributed by atoms with van der Waals surface area (Å²) in [7, 11) is 4.08. The molecule has 2 unspecified atom stereocenters. The molecule has 0 aliphatic carbocycles. The number of guanidine groups is 1. The number of nitrogens with one attached hydrogen (secondary N) is 2. The van der Waals surface area contributed by atoms with Gasteiger partial charge in [-0.25, -0.2) is 0 Å². The fraction of sp³-hybridized carbons (Fsp3) is 0.522. The van der Waals surface area contributed by atoms with Crippen LogP contribution in [0.4, 0.5) is 0 Å². The van der Waals surface area contributed by atoms with Crippen LogP contribution in [-0.2, 0) is 6.54 Å². The summed E-state index contributed by atoms with van der Waals surface area (Å²) in [6, 6.07) is 13.1. The van der Waals surface area contributed by atoms with Crippen LogP contribution in [-0.4, -0.2) is 44.1 Å². The number of piperidine rings is 1. The fourth-order valence-electron chi connectivity index (χ4n) is 4.02. The Kier molecular flexibility index (Phi) is 10.4. The third-order valence-electron chi connectivity index (χ3n) is 5.33. The summed E-state index contributed by atoms with van der Waals surface area (Å²) in [5, 5.41) is 9.17. The zero-order valence-electron chi connectivity index (χ0n) is 18.4. The number of thiophene rings is 1. The normalized spacial score (nSPS) is 20.0. The minimum atomic E-state index is 0. The van der Waals surface area contributed by atoms with E-state index in [1.807, 2.05) is 44.4 Å². The lowest BCUT2D eigenvalue weighted by Gasteiger charge is -2.39. The van der Waals surface area contributed by atoms with Crippen molar-refractivity contribution in [1.29, 1.82) is 0 Å². The van der Waals surface area contributed by atoms with Gasteiger partial charge in [0.25, 0.3) is 0 Å². The van der Waals surface area contributed by atoms with Crippen molar-refractivity contribution in [3.63, 3.8) is 0 Å². The van der Waals surface area contributed by atoms with Crippen molar-refractivity contribution >= 4 is 41.3 Å². The number of halogens is 1. The van der Waals surface area contributed by atoms with Gasteiger partial charge in [-0.15, -0.1) is 35.3 Å². The summed E-state index contributed by atoms with van der Waals surface area (Å²) in [5.74, 6) is 2.33. The third kappa shape index (κ3) is 7.13. The smallest absolute Gasteiger partial charge is 0.191 e. The van der Waals surface area contributed by atoms with Gasteiger partial charge in [-0.1, -0.05) is 18.2 Å². The summed E-state index contributed by atoms with van der Waals surface area (Å²) >= 11 is 1.86. The number of aliphatic imine (C=N–C) groups is 1. The molecule has 1 aromatic heterocycles. The average molecular weight is 543 g/mol. The van der Waals surface area contributed by atoms with E-state index in [1.165, 1.54) is 29.8 Å². The van der Waals surface area contributed by atoms with Crippen molar-refractivity contribution in [1.82, 2.24) is 15.5 Å². The Hall–Kier alpha value is -1.32. The summed E-state index contributed by atoms with van der Waals surface area (Å²) in [6.07, 6.45) is 2.67. The molecular weight excluding hydrogens is 507 g/mol. The molecule has 5 nitrogen and oxygen atoms in total. The summed E-state index contributed by atoms with van der Waals surface area (Å²) in [6.45, 7) is 6.89. The second-order valence-corrected chi connectivity index (χ2v) is 8.94. The maximum absolute atomic E-state index is 5.79. The molecule has 0 radical (unpaired) electrons. The lowest BCUT2D eigenvalue weighted by atomic mass is 9.88. The zero-order valence-corrected chi connectivity index (χ0v) is 21.6. The molecule has 2 heterocycles. The predicted octanol–water partition coefficient (Wildman–Crippen LogP) is 4.90. The lowest BCUT2D eigenvalue weighted by Crippen LogP contribution is -2.44. The zero-order chi connectivity index (χ0) is 20.6. The molecule has 2 N–H and O–H groups in total. The first-order chi connectivity index (χ1) is 14.1. The Bertz CT molecular complexity index is 781. The maximum atomic E-state index is 5.79. The van der Waals surface area contributed by atoms with E-state index in [0.29, 0.717) is 18.5 Å². The Labute approximate surface area is 202 Å². The number of ether oxygens (including phenoxy) is 1. The van der Waals surface area contributed by atoms with Gasteiger partial charge in [-0.3, -0.25) is 9.89 Å². The van der Waals surface area contributed by atoms with Gasteiger partial charge in [0, 0.05) is 31.1 Å². The Balaban J connectivity index is 0.00000320.